The molecule has 0 saturated heterocycles. The van der Waals surface area contributed by atoms with E-state index in [4.69, 9.17) is 0 Å². The summed E-state index contributed by atoms with van der Waals surface area (Å²) in [6, 6.07) is 0. The molecule has 2 nitrogen and oxygen atoms in total. The van der Waals surface area contributed by atoms with Gasteiger partial charge in [0.15, 0.2) is 0 Å². The predicted molar refractivity (Wildman–Crippen MR) is 26.6 cm³/mol. The molecule has 0 aromatic carbocycles. The maximum Gasteiger partial charge on any atom is 1.00 e. The standard InChI is InChI=1S/C2H2N2S2.2Li/c5-1-2(6)4-3-1;;/h(H,3,5)(H,4,6);;/q;2*+1/p-2. The topological polar surface area (TPSA) is 24.7 Å². The van der Waals surface area contributed by atoms with E-state index in [0.717, 1.165) is 0 Å². The second-order valence-electron chi connectivity index (χ2n) is 0.810. The molecule has 0 fully saturated rings. The zero-order valence-corrected chi connectivity index (χ0v) is 6.34. The number of rotatable bonds is 0. The summed E-state index contributed by atoms with van der Waals surface area (Å²) in [7, 11) is 0. The van der Waals surface area contributed by atoms with E-state index in [1.54, 1.807) is 0 Å². The molecule has 1 aliphatic heterocycles. The molecule has 0 atom stereocenters. The van der Waals surface area contributed by atoms with Gasteiger partial charge in [0.25, 0.3) is 0 Å². The Morgan fingerprint density at radius 1 is 0.875 bits per heavy atom. The molecule has 1 heterocycles. The Morgan fingerprint density at radius 2 is 1.12 bits per heavy atom. The van der Waals surface area contributed by atoms with E-state index >= 15 is 0 Å². The molecule has 0 saturated carbocycles. The van der Waals surface area contributed by atoms with Crippen molar-refractivity contribution < 1.29 is 37.7 Å². The average molecular weight is 130 g/mol. The molecule has 32 valence electrons. The second kappa shape index (κ2) is 4.82. The summed E-state index contributed by atoms with van der Waals surface area (Å²) in [6.07, 6.45) is 0. The summed E-state index contributed by atoms with van der Waals surface area (Å²) in [4.78, 5) is 0. The van der Waals surface area contributed by atoms with Gasteiger partial charge in [0.2, 0.25) is 0 Å². The molecule has 0 N–H and O–H groups in total. The van der Waals surface area contributed by atoms with Crippen LogP contribution in [0.2, 0.25) is 0 Å². The van der Waals surface area contributed by atoms with Crippen LogP contribution in [0.4, 0.5) is 0 Å². The van der Waals surface area contributed by atoms with Crippen LogP contribution in [-0.4, -0.2) is 0 Å². The molecular weight excluding hydrogens is 130 g/mol. The van der Waals surface area contributed by atoms with Gasteiger partial charge in [-0.05, 0) is 0 Å². The first-order chi connectivity index (χ1) is 2.80. The molecule has 0 bridgehead atoms. The molecule has 6 heteroatoms. The second-order valence-corrected chi connectivity index (χ2v) is 1.58. The quantitative estimate of drug-likeness (QED) is 0.241. The molecular formula is C2Li2N2S2. The maximum atomic E-state index is 4.50. The van der Waals surface area contributed by atoms with Crippen molar-refractivity contribution in [2.45, 2.75) is 0 Å². The van der Waals surface area contributed by atoms with Crippen LogP contribution in [0.3, 0.4) is 0 Å². The molecule has 0 aliphatic carbocycles. The van der Waals surface area contributed by atoms with Crippen LogP contribution in [0.5, 0.6) is 0 Å². The first kappa shape index (κ1) is 11.7. The molecule has 1 aliphatic rings. The summed E-state index contributed by atoms with van der Waals surface area (Å²) in [6.45, 7) is 0. The zero-order chi connectivity index (χ0) is 4.57. The van der Waals surface area contributed by atoms with Gasteiger partial charge in [0, 0.05) is 0 Å². The summed E-state index contributed by atoms with van der Waals surface area (Å²) in [5, 5.41) is 7.66. The van der Waals surface area contributed by atoms with Crippen LogP contribution in [0.25, 0.3) is 0 Å². The van der Waals surface area contributed by atoms with Gasteiger partial charge < -0.3 is 25.3 Å². The number of nitrogens with zero attached hydrogens (tertiary/aromatic N) is 2. The number of hydrogen-bond donors (Lipinski definition) is 0. The third-order valence-electron chi connectivity index (χ3n) is 0.415. The Morgan fingerprint density at radius 3 is 1.12 bits per heavy atom. The average Bonchev–Trinajstić information content (AvgIpc) is 1.61. The van der Waals surface area contributed by atoms with Gasteiger partial charge in [0.05, 0.1) is 0 Å². The summed E-state index contributed by atoms with van der Waals surface area (Å²) in [5.41, 5.74) is 0. The van der Waals surface area contributed by atoms with Crippen molar-refractivity contribution in [2.24, 2.45) is 10.2 Å². The Hall–Kier alpha value is 0.975. The van der Waals surface area contributed by atoms with E-state index in [0.29, 0.717) is 10.1 Å². The number of hydrogen-bond acceptors (Lipinski definition) is 4. The van der Waals surface area contributed by atoms with Crippen LogP contribution in [0, 0.1) is 0 Å². The van der Waals surface area contributed by atoms with Gasteiger partial charge in [-0.3, -0.25) is 0 Å². The SMILES string of the molecule is [Li+].[Li+].[S-]C1=C([S-])N=N1. The van der Waals surface area contributed by atoms with E-state index in [1.807, 2.05) is 0 Å². The molecule has 1 rings (SSSR count). The summed E-state index contributed by atoms with van der Waals surface area (Å²) in [5.74, 6) is 0. The largest absolute Gasteiger partial charge is 1.00 e. The summed E-state index contributed by atoms with van der Waals surface area (Å²) < 4.78 is 0. The van der Waals surface area contributed by atoms with E-state index in [-0.39, 0.29) is 37.7 Å². The molecule has 0 unspecified atom stereocenters. The van der Waals surface area contributed by atoms with Crippen molar-refractivity contribution in [1.29, 1.82) is 0 Å². The van der Waals surface area contributed by atoms with Gasteiger partial charge in [0.1, 0.15) is 0 Å². The van der Waals surface area contributed by atoms with Crippen LogP contribution < -0.4 is 37.7 Å². The van der Waals surface area contributed by atoms with Crippen molar-refractivity contribution in [3.05, 3.63) is 10.1 Å². The van der Waals surface area contributed by atoms with Crippen molar-refractivity contribution >= 4 is 25.3 Å². The predicted octanol–water partition coefficient (Wildman–Crippen LogP) is -5.32. The third kappa shape index (κ3) is 2.50. The minimum atomic E-state index is 0. The maximum absolute atomic E-state index is 4.50. The van der Waals surface area contributed by atoms with Gasteiger partial charge in [-0.1, -0.05) is 10.1 Å². The van der Waals surface area contributed by atoms with Crippen LogP contribution in [-0.2, 0) is 25.3 Å². The Balaban J connectivity index is 0. The van der Waals surface area contributed by atoms with Gasteiger partial charge in [-0.2, -0.15) is 10.2 Å². The minimum absolute atomic E-state index is 0. The monoisotopic (exact) mass is 130 g/mol. The van der Waals surface area contributed by atoms with Crippen LogP contribution >= 0.6 is 0 Å². The number of azo groups is 1. The normalized spacial score (nSPS) is 13.5. The van der Waals surface area contributed by atoms with E-state index in [1.165, 1.54) is 0 Å². The minimum Gasteiger partial charge on any atom is -0.758 e. The molecule has 0 aromatic rings. The Labute approximate surface area is 82.8 Å². The van der Waals surface area contributed by atoms with Gasteiger partial charge >= 0.3 is 37.7 Å². The molecule has 8 heavy (non-hydrogen) atoms. The van der Waals surface area contributed by atoms with Gasteiger partial charge in [-0.15, -0.1) is 0 Å². The van der Waals surface area contributed by atoms with E-state index in [9.17, 15) is 0 Å². The first-order valence-corrected chi connectivity index (χ1v) is 2.12. The molecule has 0 amide bonds. The van der Waals surface area contributed by atoms with E-state index in [2.05, 4.69) is 35.5 Å². The zero-order valence-electron chi connectivity index (χ0n) is 4.71. The fourth-order valence-corrected chi connectivity index (χ4v) is 0.295. The van der Waals surface area contributed by atoms with E-state index < -0.39 is 0 Å². The molecule has 0 aromatic heterocycles. The summed E-state index contributed by atoms with van der Waals surface area (Å²) >= 11 is 9.01. The Bertz CT molecular complexity index is 118. The molecule has 0 radical (unpaired) electrons. The fourth-order valence-electron chi connectivity index (χ4n) is 0.132. The first-order valence-electron chi connectivity index (χ1n) is 1.31. The van der Waals surface area contributed by atoms with Crippen LogP contribution in [0.15, 0.2) is 20.3 Å². The Kier molecular flexibility index (Phi) is 7.06. The van der Waals surface area contributed by atoms with Crippen molar-refractivity contribution in [3.8, 4) is 0 Å². The molecule has 0 spiro atoms. The smallest absolute Gasteiger partial charge is 0.758 e. The van der Waals surface area contributed by atoms with Crippen molar-refractivity contribution in [2.75, 3.05) is 0 Å². The van der Waals surface area contributed by atoms with Crippen LogP contribution in [0.1, 0.15) is 0 Å². The van der Waals surface area contributed by atoms with Crippen molar-refractivity contribution in [1.82, 2.24) is 0 Å². The third-order valence-corrected chi connectivity index (χ3v) is 1.09. The van der Waals surface area contributed by atoms with Gasteiger partial charge in [-0.25, -0.2) is 0 Å². The fraction of sp³-hybridized carbons (Fsp3) is 0. The van der Waals surface area contributed by atoms with Crippen molar-refractivity contribution in [3.63, 3.8) is 0 Å².